The maximum atomic E-state index is 13.3. The molecule has 0 atom stereocenters. The number of amides is 1. The van der Waals surface area contributed by atoms with Gasteiger partial charge in [0.25, 0.3) is 5.91 Å². The largest absolute Gasteiger partial charge is 0.347 e. The van der Waals surface area contributed by atoms with Crippen LogP contribution in [0.2, 0.25) is 0 Å². The second kappa shape index (κ2) is 8.18. The molecule has 1 amide bonds. The Morgan fingerprint density at radius 2 is 1.81 bits per heavy atom. The highest BCUT2D eigenvalue weighted by molar-refractivity contribution is 5.94. The molecule has 0 saturated carbocycles. The molecule has 1 aliphatic rings. The Balaban J connectivity index is 1.29. The third kappa shape index (κ3) is 3.99. The van der Waals surface area contributed by atoms with Crippen LogP contribution in [0.3, 0.4) is 0 Å². The molecule has 4 aromatic rings. The van der Waals surface area contributed by atoms with E-state index >= 15 is 0 Å². The van der Waals surface area contributed by atoms with E-state index in [4.69, 9.17) is 0 Å². The van der Waals surface area contributed by atoms with E-state index in [9.17, 15) is 9.18 Å². The third-order valence-electron chi connectivity index (χ3n) is 5.60. The zero-order chi connectivity index (χ0) is 21.2. The SMILES string of the molecule is O=C(NCc1ccc(Cn2cccn2)cc1)c1nn(-c2ccc(F)cc2)c2c1CCC2. The molecule has 2 aromatic carbocycles. The number of carbonyl (C=O) groups excluding carboxylic acids is 1. The molecule has 7 heteroatoms. The fourth-order valence-corrected chi connectivity index (χ4v) is 4.03. The van der Waals surface area contributed by atoms with Gasteiger partial charge in [-0.3, -0.25) is 9.48 Å². The van der Waals surface area contributed by atoms with Crippen molar-refractivity contribution in [2.75, 3.05) is 0 Å². The lowest BCUT2D eigenvalue weighted by molar-refractivity contribution is 0.0944. The van der Waals surface area contributed by atoms with Crippen molar-refractivity contribution < 1.29 is 9.18 Å². The predicted molar refractivity (Wildman–Crippen MR) is 114 cm³/mol. The number of benzene rings is 2. The number of hydrogen-bond acceptors (Lipinski definition) is 3. The topological polar surface area (TPSA) is 64.7 Å². The molecular weight excluding hydrogens is 393 g/mol. The van der Waals surface area contributed by atoms with Crippen molar-refractivity contribution in [1.82, 2.24) is 24.9 Å². The highest BCUT2D eigenvalue weighted by atomic mass is 19.1. The summed E-state index contributed by atoms with van der Waals surface area (Å²) in [5, 5.41) is 11.8. The molecule has 156 valence electrons. The number of nitrogens with zero attached hydrogens (tertiary/aromatic N) is 4. The first kappa shape index (κ1) is 19.2. The minimum absolute atomic E-state index is 0.181. The number of rotatable bonds is 6. The van der Waals surface area contributed by atoms with Gasteiger partial charge in [-0.15, -0.1) is 0 Å². The van der Waals surface area contributed by atoms with Crippen molar-refractivity contribution in [2.45, 2.75) is 32.4 Å². The molecule has 1 aliphatic carbocycles. The molecule has 0 bridgehead atoms. The van der Waals surface area contributed by atoms with Gasteiger partial charge in [-0.1, -0.05) is 24.3 Å². The summed E-state index contributed by atoms with van der Waals surface area (Å²) in [6, 6.07) is 16.2. The summed E-state index contributed by atoms with van der Waals surface area (Å²) >= 11 is 0. The minimum Gasteiger partial charge on any atom is -0.347 e. The van der Waals surface area contributed by atoms with E-state index < -0.39 is 0 Å². The number of halogens is 1. The quantitative estimate of drug-likeness (QED) is 0.523. The molecule has 0 radical (unpaired) electrons. The second-order valence-corrected chi connectivity index (χ2v) is 7.72. The molecule has 0 unspecified atom stereocenters. The highest BCUT2D eigenvalue weighted by Gasteiger charge is 2.26. The van der Waals surface area contributed by atoms with E-state index in [1.54, 1.807) is 23.0 Å². The minimum atomic E-state index is -0.291. The zero-order valence-corrected chi connectivity index (χ0v) is 17.0. The fourth-order valence-electron chi connectivity index (χ4n) is 4.03. The molecule has 0 aliphatic heterocycles. The van der Waals surface area contributed by atoms with Gasteiger partial charge in [-0.25, -0.2) is 9.07 Å². The molecule has 2 heterocycles. The van der Waals surface area contributed by atoms with Gasteiger partial charge in [0.05, 0.1) is 12.2 Å². The number of carbonyl (C=O) groups is 1. The predicted octanol–water partition coefficient (Wildman–Crippen LogP) is 3.67. The summed E-state index contributed by atoms with van der Waals surface area (Å²) < 4.78 is 16.9. The third-order valence-corrected chi connectivity index (χ3v) is 5.60. The van der Waals surface area contributed by atoms with Crippen LogP contribution >= 0.6 is 0 Å². The average molecular weight is 415 g/mol. The highest BCUT2D eigenvalue weighted by Crippen LogP contribution is 2.28. The van der Waals surface area contributed by atoms with E-state index in [1.807, 2.05) is 41.2 Å². The monoisotopic (exact) mass is 415 g/mol. The maximum Gasteiger partial charge on any atom is 0.272 e. The van der Waals surface area contributed by atoms with Gasteiger partial charge in [-0.2, -0.15) is 10.2 Å². The van der Waals surface area contributed by atoms with Crippen molar-refractivity contribution in [3.05, 3.63) is 101 Å². The van der Waals surface area contributed by atoms with Gasteiger partial charge >= 0.3 is 0 Å². The average Bonchev–Trinajstić information content (AvgIpc) is 3.52. The molecule has 0 spiro atoms. The number of hydrogen-bond donors (Lipinski definition) is 1. The van der Waals surface area contributed by atoms with Crippen molar-refractivity contribution in [1.29, 1.82) is 0 Å². The Kier molecular flexibility index (Phi) is 5.08. The van der Waals surface area contributed by atoms with Crippen LogP contribution in [-0.2, 0) is 25.9 Å². The van der Waals surface area contributed by atoms with Crippen LogP contribution in [0.15, 0.2) is 67.0 Å². The van der Waals surface area contributed by atoms with Crippen molar-refractivity contribution in [2.24, 2.45) is 0 Å². The number of fused-ring (bicyclic) bond motifs is 1. The second-order valence-electron chi connectivity index (χ2n) is 7.72. The van der Waals surface area contributed by atoms with Gasteiger partial charge in [-0.05, 0) is 60.7 Å². The maximum absolute atomic E-state index is 13.3. The van der Waals surface area contributed by atoms with Crippen LogP contribution in [0.5, 0.6) is 0 Å². The van der Waals surface area contributed by atoms with Crippen molar-refractivity contribution in [3.63, 3.8) is 0 Å². The lowest BCUT2D eigenvalue weighted by Gasteiger charge is -2.07. The van der Waals surface area contributed by atoms with E-state index in [2.05, 4.69) is 15.5 Å². The van der Waals surface area contributed by atoms with Gasteiger partial charge in [0, 0.05) is 30.2 Å². The van der Waals surface area contributed by atoms with E-state index in [-0.39, 0.29) is 11.7 Å². The molecule has 1 N–H and O–H groups in total. The Labute approximate surface area is 179 Å². The Morgan fingerprint density at radius 1 is 1.03 bits per heavy atom. The summed E-state index contributed by atoms with van der Waals surface area (Å²) in [5.74, 6) is -0.471. The van der Waals surface area contributed by atoms with Gasteiger partial charge in [0.1, 0.15) is 5.82 Å². The molecule has 0 saturated heterocycles. The Bertz CT molecular complexity index is 1190. The van der Waals surface area contributed by atoms with Crippen LogP contribution in [0, 0.1) is 5.82 Å². The first-order valence-corrected chi connectivity index (χ1v) is 10.4. The molecule has 5 rings (SSSR count). The van der Waals surface area contributed by atoms with Crippen molar-refractivity contribution >= 4 is 5.91 Å². The summed E-state index contributed by atoms with van der Waals surface area (Å²) in [7, 11) is 0. The zero-order valence-electron chi connectivity index (χ0n) is 17.0. The van der Waals surface area contributed by atoms with E-state index in [1.165, 1.54) is 12.1 Å². The summed E-state index contributed by atoms with van der Waals surface area (Å²) in [5.41, 5.74) is 5.44. The molecule has 6 nitrogen and oxygen atoms in total. The first-order chi connectivity index (χ1) is 15.2. The standard InChI is InChI=1S/C24H22FN5O/c25-19-9-11-20(12-10-19)30-22-4-1-3-21(22)23(28-30)24(31)26-15-17-5-7-18(8-6-17)16-29-14-2-13-27-29/h2,5-14H,1,3-4,15-16H2,(H,26,31). The molecule has 2 aromatic heterocycles. The van der Waals surface area contributed by atoms with E-state index in [0.29, 0.717) is 18.8 Å². The lowest BCUT2D eigenvalue weighted by atomic mass is 10.1. The van der Waals surface area contributed by atoms with Crippen LogP contribution in [0.4, 0.5) is 4.39 Å². The van der Waals surface area contributed by atoms with Crippen LogP contribution in [0.25, 0.3) is 5.69 Å². The molecular formula is C24H22FN5O. The summed E-state index contributed by atoms with van der Waals surface area (Å²) in [6.45, 7) is 1.14. The lowest BCUT2D eigenvalue weighted by Crippen LogP contribution is -2.24. The van der Waals surface area contributed by atoms with Crippen LogP contribution in [0.1, 0.15) is 39.3 Å². The van der Waals surface area contributed by atoms with Gasteiger partial charge in [0.2, 0.25) is 0 Å². The van der Waals surface area contributed by atoms with Crippen LogP contribution < -0.4 is 5.32 Å². The number of nitrogens with one attached hydrogen (secondary N) is 1. The fraction of sp³-hybridized carbons (Fsp3) is 0.208. The first-order valence-electron chi connectivity index (χ1n) is 10.4. The Hall–Kier alpha value is -3.74. The van der Waals surface area contributed by atoms with Gasteiger partial charge < -0.3 is 5.32 Å². The normalized spacial score (nSPS) is 12.7. The van der Waals surface area contributed by atoms with Crippen LogP contribution in [-0.4, -0.2) is 25.5 Å². The number of aromatic nitrogens is 4. The molecule has 31 heavy (non-hydrogen) atoms. The smallest absolute Gasteiger partial charge is 0.272 e. The summed E-state index contributed by atoms with van der Waals surface area (Å²) in [6.07, 6.45) is 6.38. The summed E-state index contributed by atoms with van der Waals surface area (Å²) in [4.78, 5) is 12.9. The van der Waals surface area contributed by atoms with E-state index in [0.717, 1.165) is 47.3 Å². The van der Waals surface area contributed by atoms with Gasteiger partial charge in [0.15, 0.2) is 5.69 Å². The molecule has 0 fully saturated rings. The van der Waals surface area contributed by atoms with Crippen molar-refractivity contribution in [3.8, 4) is 5.69 Å². The Morgan fingerprint density at radius 3 is 2.55 bits per heavy atom.